The van der Waals surface area contributed by atoms with Crippen molar-refractivity contribution in [2.24, 2.45) is 0 Å². The van der Waals surface area contributed by atoms with Crippen molar-refractivity contribution < 1.29 is 14.3 Å². The number of benzene rings is 2. The van der Waals surface area contributed by atoms with E-state index in [0.717, 1.165) is 42.1 Å². The minimum Gasteiger partial charge on any atom is -0.497 e. The number of rotatable bonds is 5. The molecule has 26 heavy (non-hydrogen) atoms. The summed E-state index contributed by atoms with van der Waals surface area (Å²) in [5.74, 6) is 1.62. The van der Waals surface area contributed by atoms with Crippen molar-refractivity contribution in [2.45, 2.75) is 18.9 Å². The fourth-order valence-electron chi connectivity index (χ4n) is 3.52. The van der Waals surface area contributed by atoms with Gasteiger partial charge in [0.05, 0.1) is 20.3 Å². The molecule has 1 aliphatic heterocycles. The molecule has 1 heterocycles. The topological polar surface area (TPSA) is 42.0 Å². The zero-order chi connectivity index (χ0) is 18.7. The van der Waals surface area contributed by atoms with E-state index in [-0.39, 0.29) is 11.9 Å². The van der Waals surface area contributed by atoms with Crippen LogP contribution in [0.15, 0.2) is 42.5 Å². The summed E-state index contributed by atoms with van der Waals surface area (Å²) < 4.78 is 10.9. The molecular formula is C21H26N2O3. The van der Waals surface area contributed by atoms with Gasteiger partial charge in [-0.3, -0.25) is 4.79 Å². The molecule has 1 unspecified atom stereocenters. The number of hydrogen-bond donors (Lipinski definition) is 0. The summed E-state index contributed by atoms with van der Waals surface area (Å²) in [7, 11) is 7.26. The zero-order valence-electron chi connectivity index (χ0n) is 15.9. The van der Waals surface area contributed by atoms with Crippen LogP contribution in [0.5, 0.6) is 11.5 Å². The SMILES string of the molecule is COc1ccc(OC)c(C2CCCN2C(=O)c2cccc(N(C)C)c2)c1. The van der Waals surface area contributed by atoms with Crippen molar-refractivity contribution >= 4 is 11.6 Å². The minimum absolute atomic E-state index is 0.00411. The number of hydrogen-bond acceptors (Lipinski definition) is 4. The molecule has 2 aromatic carbocycles. The van der Waals surface area contributed by atoms with Crippen molar-refractivity contribution in [1.29, 1.82) is 0 Å². The highest BCUT2D eigenvalue weighted by Gasteiger charge is 2.32. The van der Waals surface area contributed by atoms with Gasteiger partial charge in [-0.1, -0.05) is 6.07 Å². The number of nitrogens with zero attached hydrogens (tertiary/aromatic N) is 2. The maximum absolute atomic E-state index is 13.2. The Morgan fingerprint density at radius 3 is 2.62 bits per heavy atom. The second-order valence-electron chi connectivity index (χ2n) is 6.71. The third kappa shape index (κ3) is 3.47. The van der Waals surface area contributed by atoms with Crippen LogP contribution >= 0.6 is 0 Å². The smallest absolute Gasteiger partial charge is 0.254 e. The Labute approximate surface area is 155 Å². The number of carbonyl (C=O) groups excluding carboxylic acids is 1. The molecule has 0 saturated carbocycles. The van der Waals surface area contributed by atoms with E-state index in [9.17, 15) is 4.79 Å². The molecule has 2 aromatic rings. The van der Waals surface area contributed by atoms with Crippen molar-refractivity contribution in [2.75, 3.05) is 39.8 Å². The molecule has 1 atom stereocenters. The van der Waals surface area contributed by atoms with Gasteiger partial charge in [-0.05, 0) is 49.2 Å². The molecule has 0 N–H and O–H groups in total. The van der Waals surface area contributed by atoms with Crippen LogP contribution in [0.4, 0.5) is 5.69 Å². The van der Waals surface area contributed by atoms with E-state index in [1.807, 2.05) is 66.4 Å². The van der Waals surface area contributed by atoms with E-state index in [4.69, 9.17) is 9.47 Å². The van der Waals surface area contributed by atoms with E-state index in [1.54, 1.807) is 14.2 Å². The molecule has 5 nitrogen and oxygen atoms in total. The average Bonchev–Trinajstić information content (AvgIpc) is 3.16. The molecular weight excluding hydrogens is 328 g/mol. The molecule has 1 saturated heterocycles. The van der Waals surface area contributed by atoms with Gasteiger partial charge in [0, 0.05) is 37.5 Å². The molecule has 0 spiro atoms. The molecule has 5 heteroatoms. The monoisotopic (exact) mass is 354 g/mol. The van der Waals surface area contributed by atoms with Crippen LogP contribution in [-0.4, -0.2) is 45.7 Å². The molecule has 3 rings (SSSR count). The Kier molecular flexibility index (Phi) is 5.35. The van der Waals surface area contributed by atoms with Crippen LogP contribution in [0.25, 0.3) is 0 Å². The highest BCUT2D eigenvalue weighted by molar-refractivity contribution is 5.95. The lowest BCUT2D eigenvalue weighted by Crippen LogP contribution is -2.31. The number of carbonyl (C=O) groups is 1. The standard InChI is InChI=1S/C21H26N2O3/c1-22(2)16-8-5-7-15(13-16)21(24)23-12-6-9-19(23)18-14-17(25-3)10-11-20(18)26-4/h5,7-8,10-11,13-14,19H,6,9,12H2,1-4H3. The lowest BCUT2D eigenvalue weighted by molar-refractivity contribution is 0.0734. The summed E-state index contributed by atoms with van der Waals surface area (Å²) in [6, 6.07) is 13.5. The number of likely N-dealkylation sites (tertiary alicyclic amines) is 1. The van der Waals surface area contributed by atoms with Gasteiger partial charge in [0.2, 0.25) is 0 Å². The Bertz CT molecular complexity index is 789. The second kappa shape index (κ2) is 7.68. The fraction of sp³-hybridized carbons (Fsp3) is 0.381. The van der Waals surface area contributed by atoms with Gasteiger partial charge < -0.3 is 19.3 Å². The van der Waals surface area contributed by atoms with Crippen molar-refractivity contribution in [3.63, 3.8) is 0 Å². The number of amides is 1. The molecule has 1 amide bonds. The van der Waals surface area contributed by atoms with E-state index in [2.05, 4.69) is 0 Å². The maximum atomic E-state index is 13.2. The number of ether oxygens (including phenoxy) is 2. The summed E-state index contributed by atoms with van der Waals surface area (Å²) in [4.78, 5) is 17.1. The zero-order valence-corrected chi connectivity index (χ0v) is 15.9. The molecule has 0 aromatic heterocycles. The van der Waals surface area contributed by atoms with E-state index in [0.29, 0.717) is 5.56 Å². The van der Waals surface area contributed by atoms with Crippen molar-refractivity contribution in [1.82, 2.24) is 4.90 Å². The van der Waals surface area contributed by atoms with Gasteiger partial charge in [-0.25, -0.2) is 0 Å². The average molecular weight is 354 g/mol. The molecule has 1 aliphatic rings. The normalized spacial score (nSPS) is 16.5. The molecule has 0 bridgehead atoms. The van der Waals surface area contributed by atoms with Gasteiger partial charge in [-0.15, -0.1) is 0 Å². The van der Waals surface area contributed by atoms with Crippen LogP contribution in [0.3, 0.4) is 0 Å². The van der Waals surface area contributed by atoms with Crippen LogP contribution in [0, 0.1) is 0 Å². The van der Waals surface area contributed by atoms with Crippen LogP contribution in [0.2, 0.25) is 0 Å². The largest absolute Gasteiger partial charge is 0.497 e. The van der Waals surface area contributed by atoms with Crippen molar-refractivity contribution in [3.8, 4) is 11.5 Å². The highest BCUT2D eigenvalue weighted by atomic mass is 16.5. The predicted molar refractivity (Wildman–Crippen MR) is 103 cm³/mol. The molecule has 1 fully saturated rings. The first-order valence-electron chi connectivity index (χ1n) is 8.85. The Morgan fingerprint density at radius 1 is 1.12 bits per heavy atom. The summed E-state index contributed by atoms with van der Waals surface area (Å²) in [6.07, 6.45) is 1.90. The van der Waals surface area contributed by atoms with Gasteiger partial charge in [0.15, 0.2) is 0 Å². The first-order chi connectivity index (χ1) is 12.5. The summed E-state index contributed by atoms with van der Waals surface area (Å²) in [5.41, 5.74) is 2.73. The van der Waals surface area contributed by atoms with E-state index >= 15 is 0 Å². The van der Waals surface area contributed by atoms with Crippen molar-refractivity contribution in [3.05, 3.63) is 53.6 Å². The maximum Gasteiger partial charge on any atom is 0.254 e. The number of anilines is 1. The summed E-state index contributed by atoms with van der Waals surface area (Å²) in [5, 5.41) is 0. The Morgan fingerprint density at radius 2 is 1.92 bits per heavy atom. The summed E-state index contributed by atoms with van der Waals surface area (Å²) in [6.45, 7) is 0.746. The Hall–Kier alpha value is -2.69. The lowest BCUT2D eigenvalue weighted by Gasteiger charge is -2.27. The fourth-order valence-corrected chi connectivity index (χ4v) is 3.52. The van der Waals surface area contributed by atoms with Crippen LogP contribution < -0.4 is 14.4 Å². The van der Waals surface area contributed by atoms with Gasteiger partial charge >= 0.3 is 0 Å². The van der Waals surface area contributed by atoms with Gasteiger partial charge in [0.25, 0.3) is 5.91 Å². The lowest BCUT2D eigenvalue weighted by atomic mass is 10.0. The quantitative estimate of drug-likeness (QED) is 0.820. The third-order valence-corrected chi connectivity index (χ3v) is 4.92. The predicted octanol–water partition coefficient (Wildman–Crippen LogP) is 3.75. The van der Waals surface area contributed by atoms with E-state index < -0.39 is 0 Å². The summed E-state index contributed by atoms with van der Waals surface area (Å²) >= 11 is 0. The molecule has 0 aliphatic carbocycles. The first kappa shape index (κ1) is 18.1. The Balaban J connectivity index is 1.93. The molecule has 0 radical (unpaired) electrons. The highest BCUT2D eigenvalue weighted by Crippen LogP contribution is 2.39. The van der Waals surface area contributed by atoms with Crippen LogP contribution in [-0.2, 0) is 0 Å². The van der Waals surface area contributed by atoms with Gasteiger partial charge in [-0.2, -0.15) is 0 Å². The second-order valence-corrected chi connectivity index (χ2v) is 6.71. The molecule has 138 valence electrons. The third-order valence-electron chi connectivity index (χ3n) is 4.92. The van der Waals surface area contributed by atoms with Gasteiger partial charge in [0.1, 0.15) is 11.5 Å². The van der Waals surface area contributed by atoms with Crippen LogP contribution in [0.1, 0.15) is 34.8 Å². The first-order valence-corrected chi connectivity index (χ1v) is 8.85. The van der Waals surface area contributed by atoms with E-state index in [1.165, 1.54) is 0 Å². The number of methoxy groups -OCH3 is 2. The minimum atomic E-state index is -0.00411.